The third-order valence-corrected chi connectivity index (χ3v) is 5.76. The summed E-state index contributed by atoms with van der Waals surface area (Å²) in [5.41, 5.74) is 1.13. The van der Waals surface area contributed by atoms with Crippen molar-refractivity contribution >= 4 is 11.8 Å². The first-order chi connectivity index (χ1) is 15.9. The maximum atomic E-state index is 13.2. The average Bonchev–Trinajstić information content (AvgIpc) is 3.33. The lowest BCUT2D eigenvalue weighted by Gasteiger charge is -2.33. The van der Waals surface area contributed by atoms with Gasteiger partial charge in [-0.2, -0.15) is 4.98 Å². The highest BCUT2D eigenvalue weighted by Gasteiger charge is 2.32. The predicted molar refractivity (Wildman–Crippen MR) is 118 cm³/mol. The Bertz CT molecular complexity index is 1100. The van der Waals surface area contributed by atoms with Gasteiger partial charge in [-0.3, -0.25) is 14.6 Å². The fourth-order valence-corrected chi connectivity index (χ4v) is 3.91. The number of hydrogen-bond donors (Lipinski definition) is 1. The fraction of sp³-hybridized carbons (Fsp3) is 0.375. The summed E-state index contributed by atoms with van der Waals surface area (Å²) >= 11 is 0. The number of piperidine rings is 1. The van der Waals surface area contributed by atoms with E-state index >= 15 is 0 Å². The Labute approximate surface area is 191 Å². The Morgan fingerprint density at radius 2 is 2.00 bits per heavy atom. The van der Waals surface area contributed by atoms with Crippen LogP contribution in [0.1, 0.15) is 49.0 Å². The number of hydrogen-bond acceptors (Lipinski definition) is 6. The summed E-state index contributed by atoms with van der Waals surface area (Å²) in [6, 6.07) is 8.61. The number of amides is 2. The monoisotopic (exact) mass is 451 g/mol. The fourth-order valence-electron chi connectivity index (χ4n) is 3.91. The van der Waals surface area contributed by atoms with Gasteiger partial charge in [0.15, 0.2) is 0 Å². The number of nitrogens with one attached hydrogen (secondary N) is 1. The molecule has 1 N–H and O–H groups in total. The van der Waals surface area contributed by atoms with Crippen LogP contribution >= 0.6 is 0 Å². The number of rotatable bonds is 6. The lowest BCUT2D eigenvalue weighted by Crippen LogP contribution is -2.46. The number of likely N-dealkylation sites (tertiary alicyclic amines) is 1. The van der Waals surface area contributed by atoms with E-state index in [2.05, 4.69) is 20.4 Å². The minimum Gasteiger partial charge on any atom is -0.344 e. The highest BCUT2D eigenvalue weighted by atomic mass is 19.1. The number of benzene rings is 1. The zero-order chi connectivity index (χ0) is 23.4. The first-order valence-electron chi connectivity index (χ1n) is 11.0. The molecular formula is C24H26FN5O3. The second-order valence-electron chi connectivity index (χ2n) is 8.53. The first kappa shape index (κ1) is 22.6. The number of halogens is 1. The van der Waals surface area contributed by atoms with Gasteiger partial charge in [0.25, 0.3) is 5.91 Å². The molecule has 3 heterocycles. The predicted octanol–water partition coefficient (Wildman–Crippen LogP) is 3.64. The van der Waals surface area contributed by atoms with Gasteiger partial charge in [0.1, 0.15) is 11.9 Å². The molecular weight excluding hydrogens is 425 g/mol. The lowest BCUT2D eigenvalue weighted by atomic mass is 9.95. The second kappa shape index (κ2) is 9.89. The molecule has 1 saturated heterocycles. The van der Waals surface area contributed by atoms with E-state index in [4.69, 9.17) is 4.52 Å². The van der Waals surface area contributed by atoms with Crippen LogP contribution in [0.4, 0.5) is 4.39 Å². The van der Waals surface area contributed by atoms with E-state index < -0.39 is 11.9 Å². The molecule has 2 amide bonds. The van der Waals surface area contributed by atoms with E-state index in [0.29, 0.717) is 43.2 Å². The molecule has 2 aromatic heterocycles. The van der Waals surface area contributed by atoms with Crippen molar-refractivity contribution in [2.45, 2.75) is 32.7 Å². The number of carbonyl (C=O) groups excluding carboxylic acids is 2. The third kappa shape index (κ3) is 5.24. The van der Waals surface area contributed by atoms with Crippen LogP contribution in [0, 0.1) is 17.7 Å². The Kier molecular flexibility index (Phi) is 6.76. The summed E-state index contributed by atoms with van der Waals surface area (Å²) < 4.78 is 18.6. The van der Waals surface area contributed by atoms with E-state index in [1.807, 2.05) is 19.9 Å². The van der Waals surface area contributed by atoms with E-state index in [0.717, 1.165) is 5.56 Å². The number of aromatic nitrogens is 3. The quantitative estimate of drug-likeness (QED) is 0.614. The van der Waals surface area contributed by atoms with E-state index in [9.17, 15) is 14.0 Å². The van der Waals surface area contributed by atoms with Crippen LogP contribution in [-0.2, 0) is 4.79 Å². The minimum absolute atomic E-state index is 0.0108. The largest absolute Gasteiger partial charge is 0.344 e. The molecule has 0 bridgehead atoms. The van der Waals surface area contributed by atoms with Gasteiger partial charge in [-0.25, -0.2) is 4.39 Å². The van der Waals surface area contributed by atoms with Crippen molar-refractivity contribution in [3.63, 3.8) is 0 Å². The van der Waals surface area contributed by atoms with Gasteiger partial charge in [0, 0.05) is 36.6 Å². The SMILES string of the molecule is CC(C)C(NC(=O)C1CCCN(C(=O)c2ccc(F)cc2)C1)c1nc(-c2cccnc2)no1. The van der Waals surface area contributed by atoms with Gasteiger partial charge in [0.05, 0.1) is 5.92 Å². The lowest BCUT2D eigenvalue weighted by molar-refractivity contribution is -0.127. The summed E-state index contributed by atoms with van der Waals surface area (Å²) in [6.45, 7) is 4.79. The summed E-state index contributed by atoms with van der Waals surface area (Å²) in [5, 5.41) is 7.06. The molecule has 2 unspecified atom stereocenters. The molecule has 9 heteroatoms. The van der Waals surface area contributed by atoms with Crippen molar-refractivity contribution in [1.82, 2.24) is 25.3 Å². The summed E-state index contributed by atoms with van der Waals surface area (Å²) in [4.78, 5) is 36.1. The Morgan fingerprint density at radius 3 is 2.70 bits per heavy atom. The molecule has 8 nitrogen and oxygen atoms in total. The molecule has 1 aliphatic rings. The van der Waals surface area contributed by atoms with E-state index in [1.165, 1.54) is 24.3 Å². The molecule has 172 valence electrons. The Morgan fingerprint density at radius 1 is 1.21 bits per heavy atom. The van der Waals surface area contributed by atoms with Gasteiger partial charge < -0.3 is 14.7 Å². The van der Waals surface area contributed by atoms with E-state index in [1.54, 1.807) is 23.4 Å². The normalized spacial score (nSPS) is 17.1. The zero-order valence-electron chi connectivity index (χ0n) is 18.6. The van der Waals surface area contributed by atoms with E-state index in [-0.39, 0.29) is 23.7 Å². The summed E-state index contributed by atoms with van der Waals surface area (Å²) in [5.74, 6) is -0.368. The molecule has 2 atom stereocenters. The smallest absolute Gasteiger partial charge is 0.253 e. The van der Waals surface area contributed by atoms with Crippen LogP contribution in [0.2, 0.25) is 0 Å². The highest BCUT2D eigenvalue weighted by molar-refractivity contribution is 5.94. The molecule has 3 aromatic rings. The molecule has 0 aliphatic carbocycles. The molecule has 1 aromatic carbocycles. The number of pyridine rings is 1. The van der Waals surface area contributed by atoms with Crippen molar-refractivity contribution < 1.29 is 18.5 Å². The third-order valence-electron chi connectivity index (χ3n) is 5.76. The van der Waals surface area contributed by atoms with Gasteiger partial charge in [-0.05, 0) is 55.2 Å². The van der Waals surface area contributed by atoms with Crippen LogP contribution in [0.25, 0.3) is 11.4 Å². The van der Waals surface area contributed by atoms with Crippen LogP contribution in [0.5, 0.6) is 0 Å². The molecule has 0 saturated carbocycles. The maximum absolute atomic E-state index is 13.2. The van der Waals surface area contributed by atoms with Crippen molar-refractivity contribution in [3.05, 3.63) is 66.1 Å². The van der Waals surface area contributed by atoms with Crippen LogP contribution in [0.15, 0.2) is 53.3 Å². The molecule has 4 rings (SSSR count). The molecule has 0 radical (unpaired) electrons. The molecule has 1 fully saturated rings. The summed E-state index contributed by atoms with van der Waals surface area (Å²) in [7, 11) is 0. The Balaban J connectivity index is 1.44. The standard InChI is InChI=1S/C24H26FN5O3/c1-15(2)20(23-28-21(29-33-23)17-5-3-11-26-13-17)27-22(31)18-6-4-12-30(14-18)24(32)16-7-9-19(25)10-8-16/h3,5,7-11,13,15,18,20H,4,6,12,14H2,1-2H3,(H,27,31). The van der Waals surface area contributed by atoms with Gasteiger partial charge in [-0.15, -0.1) is 0 Å². The van der Waals surface area contributed by atoms with Crippen LogP contribution in [0.3, 0.4) is 0 Å². The van der Waals surface area contributed by atoms with Gasteiger partial charge >= 0.3 is 0 Å². The average molecular weight is 452 g/mol. The minimum atomic E-state index is -0.460. The van der Waals surface area contributed by atoms with Crippen molar-refractivity contribution in [2.75, 3.05) is 13.1 Å². The van der Waals surface area contributed by atoms with Gasteiger partial charge in [-0.1, -0.05) is 19.0 Å². The highest BCUT2D eigenvalue weighted by Crippen LogP contribution is 2.25. The maximum Gasteiger partial charge on any atom is 0.253 e. The van der Waals surface area contributed by atoms with Crippen LogP contribution < -0.4 is 5.32 Å². The Hall–Kier alpha value is -3.62. The molecule has 1 aliphatic heterocycles. The van der Waals surface area contributed by atoms with Crippen molar-refractivity contribution in [1.29, 1.82) is 0 Å². The zero-order valence-corrected chi connectivity index (χ0v) is 18.6. The number of carbonyl (C=O) groups is 2. The first-order valence-corrected chi connectivity index (χ1v) is 11.0. The molecule has 33 heavy (non-hydrogen) atoms. The van der Waals surface area contributed by atoms with Crippen molar-refractivity contribution in [2.24, 2.45) is 11.8 Å². The topological polar surface area (TPSA) is 101 Å². The van der Waals surface area contributed by atoms with Gasteiger partial charge in [0.2, 0.25) is 17.6 Å². The van der Waals surface area contributed by atoms with Crippen LogP contribution in [-0.4, -0.2) is 44.9 Å². The van der Waals surface area contributed by atoms with Crippen molar-refractivity contribution in [3.8, 4) is 11.4 Å². The second-order valence-corrected chi connectivity index (χ2v) is 8.53. The number of nitrogens with zero attached hydrogens (tertiary/aromatic N) is 4. The summed E-state index contributed by atoms with van der Waals surface area (Å²) in [6.07, 6.45) is 4.69. The molecule has 0 spiro atoms.